The molecule has 0 amide bonds. The fourth-order valence-corrected chi connectivity index (χ4v) is 4.15. The van der Waals surface area contributed by atoms with Crippen LogP contribution in [0.2, 0.25) is 0 Å². The van der Waals surface area contributed by atoms with E-state index in [-0.39, 0.29) is 10.6 Å². The largest absolute Gasteiger partial charge is 0.468 e. The van der Waals surface area contributed by atoms with Crippen molar-refractivity contribution in [3.05, 3.63) is 29.8 Å². The van der Waals surface area contributed by atoms with Gasteiger partial charge in [-0.15, -0.1) is 0 Å². The smallest absolute Gasteiger partial charge is 0.323 e. The van der Waals surface area contributed by atoms with Crippen LogP contribution in [0.25, 0.3) is 0 Å². The predicted octanol–water partition coefficient (Wildman–Crippen LogP) is 0.565. The number of esters is 1. The molecule has 1 atom stereocenters. The molecule has 0 aromatic heterocycles. The number of thioether (sulfide) groups is 1. The summed E-state index contributed by atoms with van der Waals surface area (Å²) in [5.41, 5.74) is 5.95. The first-order chi connectivity index (χ1) is 9.90. The van der Waals surface area contributed by atoms with E-state index in [0.29, 0.717) is 17.1 Å². The van der Waals surface area contributed by atoms with Gasteiger partial charge in [0.2, 0.25) is 0 Å². The minimum atomic E-state index is -3.40. The van der Waals surface area contributed by atoms with Crippen LogP contribution < -0.4 is 5.73 Å². The van der Waals surface area contributed by atoms with Gasteiger partial charge >= 0.3 is 5.97 Å². The molecule has 0 radical (unpaired) electrons. The Balaban J connectivity index is 2.50. The van der Waals surface area contributed by atoms with E-state index in [1.807, 2.05) is 6.07 Å². The van der Waals surface area contributed by atoms with E-state index < -0.39 is 21.8 Å². The topological polar surface area (TPSA) is 110 Å². The zero-order chi connectivity index (χ0) is 15.9. The third-order valence-corrected chi connectivity index (χ3v) is 5.72. The SMILES string of the molecule is COC(=O)C(N)CSCCS(=O)(=O)c1ccc(C#N)cc1. The average molecular weight is 328 g/mol. The monoisotopic (exact) mass is 328 g/mol. The molecule has 1 rings (SSSR count). The second-order valence-electron chi connectivity index (χ2n) is 4.16. The number of methoxy groups -OCH3 is 1. The van der Waals surface area contributed by atoms with Crippen LogP contribution in [-0.4, -0.2) is 44.8 Å². The van der Waals surface area contributed by atoms with Crippen LogP contribution in [-0.2, 0) is 19.4 Å². The molecule has 0 aliphatic heterocycles. The van der Waals surface area contributed by atoms with E-state index in [2.05, 4.69) is 4.74 Å². The van der Waals surface area contributed by atoms with E-state index >= 15 is 0 Å². The number of ether oxygens (including phenoxy) is 1. The second-order valence-corrected chi connectivity index (χ2v) is 7.42. The molecule has 1 aromatic rings. The van der Waals surface area contributed by atoms with Gasteiger partial charge in [0.15, 0.2) is 9.84 Å². The number of sulfone groups is 1. The van der Waals surface area contributed by atoms with Crippen molar-refractivity contribution in [1.82, 2.24) is 0 Å². The van der Waals surface area contributed by atoms with Crippen molar-refractivity contribution in [3.8, 4) is 6.07 Å². The van der Waals surface area contributed by atoms with Crippen LogP contribution in [0.5, 0.6) is 0 Å². The Morgan fingerprint density at radius 1 is 1.43 bits per heavy atom. The number of rotatable bonds is 7. The van der Waals surface area contributed by atoms with Gasteiger partial charge in [0.05, 0.1) is 29.4 Å². The number of nitrogens with zero attached hydrogens (tertiary/aromatic N) is 1. The summed E-state index contributed by atoms with van der Waals surface area (Å²) >= 11 is 1.28. The maximum Gasteiger partial charge on any atom is 0.323 e. The molecule has 1 aromatic carbocycles. The number of hydrogen-bond acceptors (Lipinski definition) is 7. The quantitative estimate of drug-likeness (QED) is 0.575. The standard InChI is InChI=1S/C13H16N2O4S2/c1-19-13(16)12(15)9-20-6-7-21(17,18)11-4-2-10(8-14)3-5-11/h2-5,12H,6-7,9,15H2,1H3. The second kappa shape index (κ2) is 8.02. The number of carbonyl (C=O) groups excluding carboxylic acids is 1. The van der Waals surface area contributed by atoms with E-state index in [1.54, 1.807) is 0 Å². The molecule has 1 unspecified atom stereocenters. The van der Waals surface area contributed by atoms with Crippen LogP contribution in [0, 0.1) is 11.3 Å². The summed E-state index contributed by atoms with van der Waals surface area (Å²) in [4.78, 5) is 11.3. The van der Waals surface area contributed by atoms with Crippen molar-refractivity contribution in [1.29, 1.82) is 5.26 Å². The lowest BCUT2D eigenvalue weighted by molar-refractivity contribution is -0.141. The maximum atomic E-state index is 12.0. The maximum absolute atomic E-state index is 12.0. The summed E-state index contributed by atoms with van der Waals surface area (Å²) in [5.74, 6) is 0.0532. The van der Waals surface area contributed by atoms with Crippen molar-refractivity contribution in [2.75, 3.05) is 24.4 Å². The number of nitriles is 1. The Hall–Kier alpha value is -1.56. The van der Waals surface area contributed by atoms with Gasteiger partial charge in [0, 0.05) is 11.5 Å². The van der Waals surface area contributed by atoms with Crippen LogP contribution in [0.3, 0.4) is 0 Å². The molecule has 0 bridgehead atoms. The first kappa shape index (κ1) is 17.5. The van der Waals surface area contributed by atoms with Crippen molar-refractivity contribution in [2.24, 2.45) is 5.73 Å². The van der Waals surface area contributed by atoms with Crippen LogP contribution in [0.15, 0.2) is 29.2 Å². The van der Waals surface area contributed by atoms with E-state index in [4.69, 9.17) is 11.0 Å². The minimum Gasteiger partial charge on any atom is -0.468 e. The zero-order valence-corrected chi connectivity index (χ0v) is 13.1. The van der Waals surface area contributed by atoms with Gasteiger partial charge in [0.1, 0.15) is 6.04 Å². The summed E-state index contributed by atoms with van der Waals surface area (Å²) in [7, 11) is -2.14. The number of benzene rings is 1. The highest BCUT2D eigenvalue weighted by Crippen LogP contribution is 2.14. The summed E-state index contributed by atoms with van der Waals surface area (Å²) in [6.07, 6.45) is 0. The van der Waals surface area contributed by atoms with Crippen molar-refractivity contribution in [3.63, 3.8) is 0 Å². The fraction of sp³-hybridized carbons (Fsp3) is 0.385. The predicted molar refractivity (Wildman–Crippen MR) is 80.5 cm³/mol. The normalized spacial score (nSPS) is 12.4. The third-order valence-electron chi connectivity index (χ3n) is 2.64. The van der Waals surface area contributed by atoms with Gasteiger partial charge in [-0.2, -0.15) is 17.0 Å². The Bertz CT molecular complexity index is 621. The van der Waals surface area contributed by atoms with E-state index in [1.165, 1.54) is 43.1 Å². The van der Waals surface area contributed by atoms with Gasteiger partial charge in [-0.05, 0) is 24.3 Å². The molecule has 0 saturated carbocycles. The first-order valence-corrected chi connectivity index (χ1v) is 8.85. The molecule has 0 fully saturated rings. The van der Waals surface area contributed by atoms with Gasteiger partial charge in [-0.1, -0.05) is 0 Å². The van der Waals surface area contributed by atoms with Crippen LogP contribution in [0.1, 0.15) is 5.56 Å². The van der Waals surface area contributed by atoms with Gasteiger partial charge in [-0.25, -0.2) is 8.42 Å². The molecule has 2 N–H and O–H groups in total. The van der Waals surface area contributed by atoms with Crippen molar-refractivity contribution < 1.29 is 17.9 Å². The fourth-order valence-electron chi connectivity index (χ4n) is 1.45. The zero-order valence-electron chi connectivity index (χ0n) is 11.5. The molecule has 0 spiro atoms. The minimum absolute atomic E-state index is 0.0581. The number of hydrogen-bond donors (Lipinski definition) is 1. The molecule has 0 aliphatic carbocycles. The van der Waals surface area contributed by atoms with Crippen molar-refractivity contribution in [2.45, 2.75) is 10.9 Å². The van der Waals surface area contributed by atoms with Gasteiger partial charge < -0.3 is 10.5 Å². The summed E-state index contributed by atoms with van der Waals surface area (Å²) in [6, 6.07) is 6.94. The summed E-state index contributed by atoms with van der Waals surface area (Å²) in [5, 5.41) is 8.67. The highest BCUT2D eigenvalue weighted by atomic mass is 32.2. The summed E-state index contributed by atoms with van der Waals surface area (Å²) < 4.78 is 28.6. The molecular weight excluding hydrogens is 312 g/mol. The first-order valence-electron chi connectivity index (χ1n) is 6.05. The molecule has 21 heavy (non-hydrogen) atoms. The number of carbonyl (C=O) groups is 1. The molecule has 0 heterocycles. The van der Waals surface area contributed by atoms with E-state index in [0.717, 1.165) is 0 Å². The van der Waals surface area contributed by atoms with Crippen LogP contribution in [0.4, 0.5) is 0 Å². The molecular formula is C13H16N2O4S2. The van der Waals surface area contributed by atoms with Gasteiger partial charge in [0.25, 0.3) is 0 Å². The van der Waals surface area contributed by atoms with E-state index in [9.17, 15) is 13.2 Å². The Labute approximate surface area is 128 Å². The molecule has 114 valence electrons. The van der Waals surface area contributed by atoms with Crippen LogP contribution >= 0.6 is 11.8 Å². The molecule has 0 saturated heterocycles. The lowest BCUT2D eigenvalue weighted by Crippen LogP contribution is -2.34. The summed E-state index contributed by atoms with van der Waals surface area (Å²) in [6.45, 7) is 0. The Kier molecular flexibility index (Phi) is 6.68. The molecule has 8 heteroatoms. The Morgan fingerprint density at radius 3 is 2.57 bits per heavy atom. The van der Waals surface area contributed by atoms with Gasteiger partial charge in [-0.3, -0.25) is 4.79 Å². The highest BCUT2D eigenvalue weighted by Gasteiger charge is 2.16. The third kappa shape index (κ3) is 5.38. The number of nitrogens with two attached hydrogens (primary N) is 1. The molecule has 0 aliphatic rings. The van der Waals surface area contributed by atoms with Crippen molar-refractivity contribution >= 4 is 27.6 Å². The highest BCUT2D eigenvalue weighted by molar-refractivity contribution is 8.00. The Morgan fingerprint density at radius 2 is 2.05 bits per heavy atom. The molecule has 6 nitrogen and oxygen atoms in total. The lowest BCUT2D eigenvalue weighted by atomic mass is 10.2. The lowest BCUT2D eigenvalue weighted by Gasteiger charge is -2.09. The average Bonchev–Trinajstić information content (AvgIpc) is 2.50.